The zero-order chi connectivity index (χ0) is 11.7. The van der Waals surface area contributed by atoms with E-state index in [1.807, 2.05) is 0 Å². The van der Waals surface area contributed by atoms with Crippen LogP contribution in [0.15, 0.2) is 34.1 Å². The zero-order valence-corrected chi connectivity index (χ0v) is 10.9. The maximum absolute atomic E-state index is 13.6. The molecule has 2 aromatic rings. The Morgan fingerprint density at radius 2 is 2.12 bits per heavy atom. The summed E-state index contributed by atoms with van der Waals surface area (Å²) in [6.45, 7) is 1.79. The van der Waals surface area contributed by atoms with E-state index in [0.29, 0.717) is 9.35 Å². The lowest BCUT2D eigenvalue weighted by molar-refractivity contribution is 0.103. The number of carbonyl (C=O) groups excluding carboxylic acids is 1. The predicted molar refractivity (Wildman–Crippen MR) is 66.6 cm³/mol. The third kappa shape index (κ3) is 2.08. The van der Waals surface area contributed by atoms with Gasteiger partial charge in [-0.3, -0.25) is 4.79 Å². The Kier molecular flexibility index (Phi) is 3.21. The molecule has 0 amide bonds. The number of benzene rings is 1. The summed E-state index contributed by atoms with van der Waals surface area (Å²) in [4.78, 5) is 12.5. The van der Waals surface area contributed by atoms with Gasteiger partial charge in [0.15, 0.2) is 0 Å². The van der Waals surface area contributed by atoms with E-state index < -0.39 is 5.82 Å². The second-order valence-corrected chi connectivity index (χ2v) is 5.18. The minimum absolute atomic E-state index is 0.119. The molecule has 0 radical (unpaired) electrons. The highest BCUT2D eigenvalue weighted by molar-refractivity contribution is 9.10. The van der Waals surface area contributed by atoms with E-state index in [0.717, 1.165) is 5.56 Å². The van der Waals surface area contributed by atoms with Gasteiger partial charge in [-0.2, -0.15) is 0 Å². The van der Waals surface area contributed by atoms with Gasteiger partial charge in [-0.05, 0) is 52.0 Å². The lowest BCUT2D eigenvalue weighted by Crippen LogP contribution is -2.03. The summed E-state index contributed by atoms with van der Waals surface area (Å²) in [7, 11) is 0. The fourth-order valence-electron chi connectivity index (χ4n) is 1.38. The van der Waals surface area contributed by atoms with Gasteiger partial charge in [-0.25, -0.2) is 4.39 Å². The highest BCUT2D eigenvalue weighted by atomic mass is 79.9. The van der Waals surface area contributed by atoms with E-state index in [2.05, 4.69) is 15.9 Å². The average Bonchev–Trinajstić information content (AvgIpc) is 2.63. The van der Waals surface area contributed by atoms with Crippen LogP contribution >= 0.6 is 27.3 Å². The monoisotopic (exact) mass is 298 g/mol. The van der Waals surface area contributed by atoms with Crippen LogP contribution in [0.25, 0.3) is 0 Å². The molecule has 0 fully saturated rings. The third-order valence-corrected chi connectivity index (χ3v) is 4.03. The van der Waals surface area contributed by atoms with E-state index in [4.69, 9.17) is 0 Å². The van der Waals surface area contributed by atoms with Gasteiger partial charge in [0.25, 0.3) is 0 Å². The van der Waals surface area contributed by atoms with E-state index in [1.54, 1.807) is 24.4 Å². The molecular formula is C12H8BrFOS. The minimum Gasteiger partial charge on any atom is -0.288 e. The second kappa shape index (κ2) is 4.47. The molecule has 4 heteroatoms. The van der Waals surface area contributed by atoms with Gasteiger partial charge in [0, 0.05) is 4.47 Å². The maximum atomic E-state index is 13.6. The van der Waals surface area contributed by atoms with Crippen molar-refractivity contribution in [3.63, 3.8) is 0 Å². The number of halogens is 2. The van der Waals surface area contributed by atoms with Crippen LogP contribution in [-0.4, -0.2) is 5.78 Å². The van der Waals surface area contributed by atoms with Crippen LogP contribution in [0.2, 0.25) is 0 Å². The predicted octanol–water partition coefficient (Wildman–Crippen LogP) is 4.19. The van der Waals surface area contributed by atoms with Crippen molar-refractivity contribution in [2.45, 2.75) is 6.92 Å². The summed E-state index contributed by atoms with van der Waals surface area (Å²) in [5.74, 6) is -0.746. The van der Waals surface area contributed by atoms with Crippen LogP contribution in [0, 0.1) is 12.7 Å². The Labute approximate surface area is 105 Å². The van der Waals surface area contributed by atoms with Crippen molar-refractivity contribution >= 4 is 33.0 Å². The van der Waals surface area contributed by atoms with Gasteiger partial charge in [0.1, 0.15) is 5.82 Å². The van der Waals surface area contributed by atoms with Gasteiger partial charge in [0.05, 0.1) is 10.4 Å². The molecule has 1 heterocycles. The minimum atomic E-state index is -0.467. The first-order valence-electron chi connectivity index (χ1n) is 4.63. The molecule has 0 aliphatic rings. The van der Waals surface area contributed by atoms with Gasteiger partial charge in [-0.15, -0.1) is 11.3 Å². The molecule has 0 spiro atoms. The third-order valence-electron chi connectivity index (χ3n) is 2.19. The molecule has 0 N–H and O–H groups in total. The first-order valence-corrected chi connectivity index (χ1v) is 6.30. The summed E-state index contributed by atoms with van der Waals surface area (Å²) >= 11 is 4.57. The van der Waals surface area contributed by atoms with Gasteiger partial charge < -0.3 is 0 Å². The molecule has 82 valence electrons. The summed E-state index contributed by atoms with van der Waals surface area (Å²) < 4.78 is 14.3. The second-order valence-electron chi connectivity index (χ2n) is 3.41. The summed E-state index contributed by atoms with van der Waals surface area (Å²) in [6, 6.07) is 6.41. The first-order chi connectivity index (χ1) is 7.59. The zero-order valence-electron chi connectivity index (χ0n) is 8.46. The van der Waals surface area contributed by atoms with E-state index >= 15 is 0 Å². The Morgan fingerprint density at radius 1 is 1.38 bits per heavy atom. The smallest absolute Gasteiger partial charge is 0.207 e. The highest BCUT2D eigenvalue weighted by Crippen LogP contribution is 2.26. The number of carbonyl (C=O) groups is 1. The van der Waals surface area contributed by atoms with Crippen molar-refractivity contribution in [2.75, 3.05) is 0 Å². The summed E-state index contributed by atoms with van der Waals surface area (Å²) in [5.41, 5.74) is 0.924. The molecule has 1 aromatic carbocycles. The van der Waals surface area contributed by atoms with Gasteiger partial charge in [0.2, 0.25) is 5.78 Å². The normalized spacial score (nSPS) is 10.4. The van der Waals surface area contributed by atoms with Crippen molar-refractivity contribution in [1.82, 2.24) is 0 Å². The van der Waals surface area contributed by atoms with Crippen LogP contribution in [0.5, 0.6) is 0 Å². The lowest BCUT2D eigenvalue weighted by atomic mass is 10.1. The Bertz CT molecular complexity index is 548. The Morgan fingerprint density at radius 3 is 2.69 bits per heavy atom. The fraction of sp³-hybridized carbons (Fsp3) is 0.0833. The van der Waals surface area contributed by atoms with E-state index in [9.17, 15) is 9.18 Å². The van der Waals surface area contributed by atoms with Crippen LogP contribution in [0.1, 0.15) is 20.8 Å². The topological polar surface area (TPSA) is 17.1 Å². The van der Waals surface area contributed by atoms with Crippen LogP contribution in [0.3, 0.4) is 0 Å². The number of ketones is 1. The molecule has 0 saturated heterocycles. The molecule has 0 saturated carbocycles. The van der Waals surface area contributed by atoms with Crippen molar-refractivity contribution in [3.8, 4) is 0 Å². The fourth-order valence-corrected chi connectivity index (χ4v) is 2.89. The van der Waals surface area contributed by atoms with Crippen LogP contribution < -0.4 is 0 Å². The molecule has 0 atom stereocenters. The largest absolute Gasteiger partial charge is 0.288 e. The Balaban J connectivity index is 2.46. The maximum Gasteiger partial charge on any atom is 0.207 e. The molecule has 0 aliphatic carbocycles. The van der Waals surface area contributed by atoms with E-state index in [1.165, 1.54) is 23.5 Å². The number of thiophene rings is 1. The molecule has 16 heavy (non-hydrogen) atoms. The molecular weight excluding hydrogens is 291 g/mol. The first kappa shape index (κ1) is 11.5. The van der Waals surface area contributed by atoms with Crippen LogP contribution in [-0.2, 0) is 0 Å². The van der Waals surface area contributed by atoms with Crippen molar-refractivity contribution < 1.29 is 9.18 Å². The number of hydrogen-bond acceptors (Lipinski definition) is 2. The van der Waals surface area contributed by atoms with Crippen molar-refractivity contribution in [3.05, 3.63) is 55.9 Å². The molecule has 0 aliphatic heterocycles. The molecule has 2 rings (SSSR count). The average molecular weight is 299 g/mol. The standard InChI is InChI=1S/C12H8BrFOS/c1-7-2-3-8(10(14)6-7)11(15)12-9(13)4-5-16-12/h2-6H,1H3. The SMILES string of the molecule is Cc1ccc(C(=O)c2sccc2Br)c(F)c1. The van der Waals surface area contributed by atoms with Gasteiger partial charge >= 0.3 is 0 Å². The van der Waals surface area contributed by atoms with E-state index in [-0.39, 0.29) is 11.3 Å². The number of aryl methyl sites for hydroxylation is 1. The number of hydrogen-bond donors (Lipinski definition) is 0. The van der Waals surface area contributed by atoms with Crippen LogP contribution in [0.4, 0.5) is 4.39 Å². The summed E-state index contributed by atoms with van der Waals surface area (Å²) in [5, 5.41) is 1.80. The Hall–Kier alpha value is -1.000. The summed E-state index contributed by atoms with van der Waals surface area (Å²) in [6.07, 6.45) is 0. The van der Waals surface area contributed by atoms with Gasteiger partial charge in [-0.1, -0.05) is 6.07 Å². The molecule has 1 aromatic heterocycles. The lowest BCUT2D eigenvalue weighted by Gasteiger charge is -2.02. The highest BCUT2D eigenvalue weighted by Gasteiger charge is 2.17. The quantitative estimate of drug-likeness (QED) is 0.760. The molecule has 0 bridgehead atoms. The van der Waals surface area contributed by atoms with Crippen molar-refractivity contribution in [1.29, 1.82) is 0 Å². The number of rotatable bonds is 2. The molecule has 0 unspecified atom stereocenters. The molecule has 1 nitrogen and oxygen atoms in total. The van der Waals surface area contributed by atoms with Crippen molar-refractivity contribution in [2.24, 2.45) is 0 Å².